The number of benzene rings is 3. The van der Waals surface area contributed by atoms with Gasteiger partial charge >= 0.3 is 0 Å². The number of phenolic OH excluding ortho intramolecular Hbond substituents is 1. The number of rotatable bonds is 3. The summed E-state index contributed by atoms with van der Waals surface area (Å²) in [6, 6.07) is 16.9. The fourth-order valence-electron chi connectivity index (χ4n) is 7.80. The molecule has 1 spiro atoms. The van der Waals surface area contributed by atoms with Crippen LogP contribution in [0.2, 0.25) is 0 Å². The van der Waals surface area contributed by atoms with Crippen LogP contribution in [0.25, 0.3) is 33.2 Å². The highest BCUT2D eigenvalue weighted by molar-refractivity contribution is 7.98. The maximum Gasteiger partial charge on any atom is 0.137 e. The van der Waals surface area contributed by atoms with Crippen molar-refractivity contribution in [1.82, 2.24) is 0 Å². The molecule has 1 aromatic heterocycles. The average molecular weight is 499 g/mol. The van der Waals surface area contributed by atoms with Crippen molar-refractivity contribution in [3.63, 3.8) is 0 Å². The molecule has 1 N–H and O–H groups in total. The largest absolute Gasteiger partial charge is 0.507 e. The van der Waals surface area contributed by atoms with Gasteiger partial charge in [-0.3, -0.25) is 0 Å². The molecule has 1 fully saturated rings. The Morgan fingerprint density at radius 3 is 2.25 bits per heavy atom. The minimum Gasteiger partial charge on any atom is -0.507 e. The van der Waals surface area contributed by atoms with E-state index in [9.17, 15) is 5.11 Å². The van der Waals surface area contributed by atoms with Gasteiger partial charge in [0.2, 0.25) is 0 Å². The highest BCUT2D eigenvalue weighted by Crippen LogP contribution is 2.65. The Kier molecular flexibility index (Phi) is 5.12. The molecule has 6 rings (SSSR count). The number of ether oxygens (including phenoxy) is 1. The average Bonchev–Trinajstić information content (AvgIpc) is 3.42. The topological polar surface area (TPSA) is 42.6 Å². The number of phenols is 1. The molecule has 1 saturated carbocycles. The van der Waals surface area contributed by atoms with Gasteiger partial charge in [-0.15, -0.1) is 11.8 Å². The normalized spacial score (nSPS) is 18.8. The minimum atomic E-state index is -0.139. The van der Waals surface area contributed by atoms with Crippen LogP contribution >= 0.6 is 11.8 Å². The highest BCUT2D eigenvalue weighted by atomic mass is 32.2. The molecule has 0 saturated heterocycles. The number of hydrogen-bond acceptors (Lipinski definition) is 4. The molecule has 0 atom stereocenters. The van der Waals surface area contributed by atoms with Gasteiger partial charge in [-0.1, -0.05) is 33.8 Å². The number of methoxy groups -OCH3 is 1. The van der Waals surface area contributed by atoms with Crippen molar-refractivity contribution >= 4 is 22.5 Å². The molecule has 0 radical (unpaired) electrons. The van der Waals surface area contributed by atoms with E-state index >= 15 is 0 Å². The summed E-state index contributed by atoms with van der Waals surface area (Å²) in [6.45, 7) is 9.63. The van der Waals surface area contributed by atoms with E-state index in [2.05, 4.69) is 64.3 Å². The van der Waals surface area contributed by atoms with Gasteiger partial charge in [0.1, 0.15) is 17.3 Å². The molecule has 2 aliphatic carbocycles. The first-order valence-corrected chi connectivity index (χ1v) is 13.9. The monoisotopic (exact) mass is 498 g/mol. The summed E-state index contributed by atoms with van der Waals surface area (Å²) in [5.74, 6) is 1.79. The Bertz CT molecular complexity index is 1480. The molecule has 0 unspecified atom stereocenters. The second-order valence-corrected chi connectivity index (χ2v) is 13.1. The quantitative estimate of drug-likeness (QED) is 0.286. The van der Waals surface area contributed by atoms with Crippen molar-refractivity contribution in [1.29, 1.82) is 0 Å². The Hall–Kier alpha value is -2.85. The predicted octanol–water partition coefficient (Wildman–Crippen LogP) is 9.04. The van der Waals surface area contributed by atoms with Gasteiger partial charge in [0.05, 0.1) is 18.9 Å². The fraction of sp³-hybridized carbons (Fsp3) is 0.375. The molecule has 36 heavy (non-hydrogen) atoms. The summed E-state index contributed by atoms with van der Waals surface area (Å²) < 4.78 is 11.6. The molecule has 3 nitrogen and oxygen atoms in total. The molecular formula is C32H34O3S. The molecule has 186 valence electrons. The Morgan fingerprint density at radius 1 is 0.861 bits per heavy atom. The zero-order valence-corrected chi connectivity index (χ0v) is 22.8. The molecular weight excluding hydrogens is 464 g/mol. The van der Waals surface area contributed by atoms with E-state index in [1.807, 2.05) is 18.2 Å². The zero-order valence-electron chi connectivity index (χ0n) is 22.0. The molecule has 0 amide bonds. The van der Waals surface area contributed by atoms with Crippen molar-refractivity contribution < 1.29 is 14.3 Å². The lowest BCUT2D eigenvalue weighted by molar-refractivity contribution is 0.0644. The fourth-order valence-corrected chi connectivity index (χ4v) is 8.24. The van der Waals surface area contributed by atoms with Gasteiger partial charge in [0.15, 0.2) is 0 Å². The van der Waals surface area contributed by atoms with Crippen molar-refractivity contribution in [3.8, 4) is 33.9 Å². The first-order chi connectivity index (χ1) is 17.1. The van der Waals surface area contributed by atoms with Crippen LogP contribution in [0.3, 0.4) is 0 Å². The summed E-state index contributed by atoms with van der Waals surface area (Å²) >= 11 is 1.79. The SMILES string of the molecule is COc1cc2c3c(cc(O)c2cc1-c1ccco1)C1(CC(C)(C)CC(C)(C)C1)c1cc(SC)ccc1-3. The number of thioether (sulfide) groups is 1. The Morgan fingerprint density at radius 2 is 1.61 bits per heavy atom. The molecule has 0 aliphatic heterocycles. The van der Waals surface area contributed by atoms with Gasteiger partial charge in [-0.2, -0.15) is 0 Å². The second-order valence-electron chi connectivity index (χ2n) is 12.2. The summed E-state index contributed by atoms with van der Waals surface area (Å²) in [6.07, 6.45) is 7.13. The number of fused-ring (bicyclic) bond motifs is 7. The van der Waals surface area contributed by atoms with Crippen LogP contribution in [0.4, 0.5) is 0 Å². The lowest BCUT2D eigenvalue weighted by Gasteiger charge is -2.51. The third-order valence-corrected chi connectivity index (χ3v) is 8.99. The highest BCUT2D eigenvalue weighted by Gasteiger charge is 2.53. The molecule has 2 aliphatic rings. The van der Waals surface area contributed by atoms with Crippen molar-refractivity contribution in [2.24, 2.45) is 10.8 Å². The van der Waals surface area contributed by atoms with Crippen LogP contribution in [-0.4, -0.2) is 18.5 Å². The Balaban J connectivity index is 1.71. The van der Waals surface area contributed by atoms with E-state index < -0.39 is 0 Å². The van der Waals surface area contributed by atoms with E-state index in [0.717, 1.165) is 40.7 Å². The second kappa shape index (κ2) is 7.82. The van der Waals surface area contributed by atoms with Crippen LogP contribution in [0, 0.1) is 10.8 Å². The molecule has 4 aromatic rings. The first kappa shape index (κ1) is 23.5. The number of hydrogen-bond donors (Lipinski definition) is 1. The maximum atomic E-state index is 11.5. The van der Waals surface area contributed by atoms with Crippen molar-refractivity contribution in [3.05, 3.63) is 65.9 Å². The van der Waals surface area contributed by atoms with E-state index in [1.54, 1.807) is 25.1 Å². The minimum absolute atomic E-state index is 0.139. The number of aromatic hydroxyl groups is 1. The Labute approximate surface area is 217 Å². The van der Waals surface area contributed by atoms with Gasteiger partial charge in [-0.05, 0) is 106 Å². The van der Waals surface area contributed by atoms with E-state index in [1.165, 1.54) is 33.6 Å². The van der Waals surface area contributed by atoms with Gasteiger partial charge in [0, 0.05) is 15.7 Å². The molecule has 3 aromatic carbocycles. The molecule has 4 heteroatoms. The molecule has 0 bridgehead atoms. The summed E-state index contributed by atoms with van der Waals surface area (Å²) in [4.78, 5) is 1.29. The third-order valence-electron chi connectivity index (χ3n) is 8.27. The van der Waals surface area contributed by atoms with Crippen LogP contribution in [0.5, 0.6) is 11.5 Å². The summed E-state index contributed by atoms with van der Waals surface area (Å²) in [5.41, 5.74) is 6.26. The van der Waals surface area contributed by atoms with E-state index in [-0.39, 0.29) is 16.2 Å². The molecule has 1 heterocycles. The van der Waals surface area contributed by atoms with E-state index in [0.29, 0.717) is 5.75 Å². The van der Waals surface area contributed by atoms with Crippen molar-refractivity contribution in [2.45, 2.75) is 57.3 Å². The first-order valence-electron chi connectivity index (χ1n) is 12.7. The lowest BCUT2D eigenvalue weighted by Crippen LogP contribution is -2.43. The summed E-state index contributed by atoms with van der Waals surface area (Å²) in [5, 5.41) is 13.4. The van der Waals surface area contributed by atoms with E-state index in [4.69, 9.17) is 9.15 Å². The smallest absolute Gasteiger partial charge is 0.137 e. The van der Waals surface area contributed by atoms with Gasteiger partial charge in [-0.25, -0.2) is 0 Å². The van der Waals surface area contributed by atoms with Crippen molar-refractivity contribution in [2.75, 3.05) is 13.4 Å². The number of furan rings is 1. The van der Waals surface area contributed by atoms with Crippen LogP contribution in [0.1, 0.15) is 58.1 Å². The zero-order chi connectivity index (χ0) is 25.5. The van der Waals surface area contributed by atoms with Gasteiger partial charge in [0.25, 0.3) is 0 Å². The van der Waals surface area contributed by atoms with Crippen LogP contribution < -0.4 is 4.74 Å². The third kappa shape index (κ3) is 3.41. The standard InChI is InChI=1S/C32H34O3S/c1-30(2)16-31(3,4)18-32(17-30)24-12-19(36-6)9-10-20(24)29-22-14-28(34-5)23(27-8-7-11-35-27)13-21(22)26(33)15-25(29)32/h7-15,33H,16-18H2,1-6H3. The summed E-state index contributed by atoms with van der Waals surface area (Å²) in [7, 11) is 1.70. The maximum absolute atomic E-state index is 11.5. The lowest BCUT2D eigenvalue weighted by atomic mass is 9.52. The predicted molar refractivity (Wildman–Crippen MR) is 149 cm³/mol. The van der Waals surface area contributed by atoms with Crippen LogP contribution in [0.15, 0.2) is 64.1 Å². The van der Waals surface area contributed by atoms with Gasteiger partial charge < -0.3 is 14.3 Å². The van der Waals surface area contributed by atoms with Crippen LogP contribution in [-0.2, 0) is 5.41 Å².